The van der Waals surface area contributed by atoms with Gasteiger partial charge in [0, 0.05) is 11.8 Å². The first-order chi connectivity index (χ1) is 12.2. The molecule has 2 aromatic rings. The van der Waals surface area contributed by atoms with Crippen LogP contribution in [0.4, 0.5) is 8.78 Å². The Morgan fingerprint density at radius 1 is 1.12 bits per heavy atom. The van der Waals surface area contributed by atoms with E-state index in [1.807, 2.05) is 19.1 Å². The zero-order valence-electron chi connectivity index (χ0n) is 14.2. The molecule has 0 unspecified atom stereocenters. The number of nitrogens with zero attached hydrogens (tertiary/aromatic N) is 1. The first kappa shape index (κ1) is 18.0. The van der Waals surface area contributed by atoms with Gasteiger partial charge in [-0.1, -0.05) is 24.3 Å². The molecule has 3 nitrogen and oxygen atoms in total. The fourth-order valence-corrected chi connectivity index (χ4v) is 3.72. The lowest BCUT2D eigenvalue weighted by Gasteiger charge is -2.12. The second-order valence-corrected chi connectivity index (χ2v) is 8.16. The molecule has 0 aliphatic heterocycles. The van der Waals surface area contributed by atoms with Crippen molar-refractivity contribution in [2.75, 3.05) is 6.26 Å². The highest BCUT2D eigenvalue weighted by molar-refractivity contribution is 7.90. The monoisotopic (exact) mass is 371 g/mol. The summed E-state index contributed by atoms with van der Waals surface area (Å²) < 4.78 is 51.9. The van der Waals surface area contributed by atoms with Gasteiger partial charge < -0.3 is 0 Å². The highest BCUT2D eigenvalue weighted by Crippen LogP contribution is 2.37. The van der Waals surface area contributed by atoms with E-state index in [0.29, 0.717) is 23.1 Å². The molecule has 26 heavy (non-hydrogen) atoms. The van der Waals surface area contributed by atoms with Gasteiger partial charge in [-0.2, -0.15) is 5.26 Å². The number of aryl methyl sites for hydroxylation is 1. The molecule has 1 aliphatic carbocycles. The second-order valence-electron chi connectivity index (χ2n) is 6.17. The molecule has 0 aromatic heterocycles. The van der Waals surface area contributed by atoms with Crippen LogP contribution >= 0.6 is 0 Å². The largest absolute Gasteiger partial charge is 0.224 e. The van der Waals surface area contributed by atoms with Crippen molar-refractivity contribution in [2.45, 2.75) is 18.2 Å². The van der Waals surface area contributed by atoms with Crippen LogP contribution in [0.1, 0.15) is 28.7 Å². The van der Waals surface area contributed by atoms with Crippen LogP contribution in [-0.4, -0.2) is 14.7 Å². The lowest BCUT2D eigenvalue weighted by atomic mass is 9.94. The highest BCUT2D eigenvalue weighted by atomic mass is 32.2. The number of benzene rings is 2. The molecule has 0 spiro atoms. The number of allylic oxidation sites excluding steroid dienone is 4. The van der Waals surface area contributed by atoms with Crippen LogP contribution in [0.25, 0.3) is 11.1 Å². The molecule has 0 heterocycles. The van der Waals surface area contributed by atoms with E-state index < -0.39 is 26.4 Å². The number of rotatable bonds is 3. The molecular formula is C20H15F2NO2S. The van der Waals surface area contributed by atoms with Crippen LogP contribution in [-0.2, 0) is 9.84 Å². The average molecular weight is 371 g/mol. The van der Waals surface area contributed by atoms with Gasteiger partial charge in [0.2, 0.25) is 0 Å². The highest BCUT2D eigenvalue weighted by Gasteiger charge is 2.22. The standard InChI is InChI=1S/C20H15F2NO2S/c1-12-6-7-13(8-14(12)11-23)15-4-3-5-16(15)17-9-19(22)20(10-18(17)21)26(2,24)25/h3-4,6-10H,5H2,1-2H3. The minimum atomic E-state index is -3.86. The summed E-state index contributed by atoms with van der Waals surface area (Å²) in [4.78, 5) is -0.658. The van der Waals surface area contributed by atoms with Crippen molar-refractivity contribution in [3.8, 4) is 6.07 Å². The normalized spacial score (nSPS) is 14.0. The predicted octanol–water partition coefficient (Wildman–Crippen LogP) is 4.42. The maximum absolute atomic E-state index is 14.6. The van der Waals surface area contributed by atoms with Crippen LogP contribution in [0.5, 0.6) is 0 Å². The summed E-state index contributed by atoms with van der Waals surface area (Å²) in [6, 6.07) is 9.08. The van der Waals surface area contributed by atoms with Gasteiger partial charge in [-0.05, 0) is 53.8 Å². The van der Waals surface area contributed by atoms with E-state index in [1.54, 1.807) is 18.2 Å². The molecule has 0 bridgehead atoms. The maximum Gasteiger partial charge on any atom is 0.178 e. The summed E-state index contributed by atoms with van der Waals surface area (Å²) in [6.07, 6.45) is 4.84. The molecule has 1 aliphatic rings. The summed E-state index contributed by atoms with van der Waals surface area (Å²) in [5.41, 5.74) is 3.32. The lowest BCUT2D eigenvalue weighted by Crippen LogP contribution is -2.04. The first-order valence-corrected chi connectivity index (χ1v) is 9.72. The summed E-state index contributed by atoms with van der Waals surface area (Å²) in [5.74, 6) is -1.78. The van der Waals surface area contributed by atoms with Crippen molar-refractivity contribution in [3.05, 3.63) is 76.4 Å². The van der Waals surface area contributed by atoms with Crippen LogP contribution in [0.15, 0.2) is 47.4 Å². The third-order valence-corrected chi connectivity index (χ3v) is 5.46. The molecule has 0 N–H and O–H groups in total. The summed E-state index contributed by atoms with van der Waals surface area (Å²) in [5, 5.41) is 9.21. The Hall–Kier alpha value is -2.78. The third kappa shape index (κ3) is 3.18. The van der Waals surface area contributed by atoms with Gasteiger partial charge in [0.1, 0.15) is 16.5 Å². The van der Waals surface area contributed by atoms with Gasteiger partial charge in [0.15, 0.2) is 9.84 Å². The third-order valence-electron chi connectivity index (χ3n) is 4.35. The fraction of sp³-hybridized carbons (Fsp3) is 0.150. The molecule has 3 rings (SSSR count). The molecule has 2 aromatic carbocycles. The molecule has 0 radical (unpaired) electrons. The fourth-order valence-electron chi connectivity index (χ4n) is 2.98. The van der Waals surface area contributed by atoms with Crippen molar-refractivity contribution in [1.82, 2.24) is 0 Å². The Bertz CT molecular complexity index is 1120. The van der Waals surface area contributed by atoms with E-state index in [2.05, 4.69) is 6.07 Å². The maximum atomic E-state index is 14.6. The molecular weight excluding hydrogens is 356 g/mol. The minimum Gasteiger partial charge on any atom is -0.224 e. The van der Waals surface area contributed by atoms with E-state index in [1.165, 1.54) is 0 Å². The quantitative estimate of drug-likeness (QED) is 0.802. The average Bonchev–Trinajstić information content (AvgIpc) is 3.05. The van der Waals surface area contributed by atoms with Gasteiger partial charge in [0.25, 0.3) is 0 Å². The lowest BCUT2D eigenvalue weighted by molar-refractivity contribution is 0.554. The van der Waals surface area contributed by atoms with Crippen molar-refractivity contribution >= 4 is 21.0 Å². The van der Waals surface area contributed by atoms with Gasteiger partial charge in [0.05, 0.1) is 11.6 Å². The van der Waals surface area contributed by atoms with Crippen molar-refractivity contribution < 1.29 is 17.2 Å². The Morgan fingerprint density at radius 2 is 1.85 bits per heavy atom. The van der Waals surface area contributed by atoms with Gasteiger partial charge in [-0.15, -0.1) is 0 Å². The second kappa shape index (κ2) is 6.50. The summed E-state index contributed by atoms with van der Waals surface area (Å²) >= 11 is 0. The predicted molar refractivity (Wildman–Crippen MR) is 95.9 cm³/mol. The topological polar surface area (TPSA) is 57.9 Å². The molecule has 0 fully saturated rings. The SMILES string of the molecule is Cc1ccc(C2=C(c3cc(F)c(S(C)(=O)=O)cc3F)CC=C2)cc1C#N. The van der Waals surface area contributed by atoms with Crippen molar-refractivity contribution in [3.63, 3.8) is 0 Å². The van der Waals surface area contributed by atoms with E-state index in [4.69, 9.17) is 0 Å². The van der Waals surface area contributed by atoms with Crippen LogP contribution < -0.4 is 0 Å². The number of hydrogen-bond acceptors (Lipinski definition) is 3. The Balaban J connectivity index is 2.19. The van der Waals surface area contributed by atoms with Crippen molar-refractivity contribution in [1.29, 1.82) is 5.26 Å². The molecule has 0 saturated heterocycles. The van der Waals surface area contributed by atoms with E-state index in [9.17, 15) is 22.5 Å². The van der Waals surface area contributed by atoms with E-state index in [-0.39, 0.29) is 5.56 Å². The van der Waals surface area contributed by atoms with Crippen LogP contribution in [0.3, 0.4) is 0 Å². The molecule has 0 amide bonds. The molecule has 6 heteroatoms. The molecule has 132 valence electrons. The first-order valence-electron chi connectivity index (χ1n) is 7.82. The van der Waals surface area contributed by atoms with Crippen molar-refractivity contribution in [2.24, 2.45) is 0 Å². The number of nitriles is 1. The number of halogens is 2. The van der Waals surface area contributed by atoms with Crippen LogP contribution in [0.2, 0.25) is 0 Å². The molecule has 0 saturated carbocycles. The van der Waals surface area contributed by atoms with Crippen LogP contribution in [0, 0.1) is 29.9 Å². The Labute approximate surface area is 150 Å². The van der Waals surface area contributed by atoms with Gasteiger partial charge in [-0.3, -0.25) is 0 Å². The Morgan fingerprint density at radius 3 is 2.50 bits per heavy atom. The Kier molecular flexibility index (Phi) is 4.51. The number of sulfone groups is 1. The summed E-state index contributed by atoms with van der Waals surface area (Å²) in [6.45, 7) is 1.82. The van der Waals surface area contributed by atoms with Gasteiger partial charge >= 0.3 is 0 Å². The smallest absolute Gasteiger partial charge is 0.178 e. The summed E-state index contributed by atoms with van der Waals surface area (Å²) in [7, 11) is -3.86. The number of hydrogen-bond donors (Lipinski definition) is 0. The zero-order chi connectivity index (χ0) is 19.1. The van der Waals surface area contributed by atoms with E-state index in [0.717, 1.165) is 29.5 Å². The van der Waals surface area contributed by atoms with Gasteiger partial charge in [-0.25, -0.2) is 17.2 Å². The molecule has 0 atom stereocenters. The minimum absolute atomic E-state index is 0.0222. The van der Waals surface area contributed by atoms with E-state index >= 15 is 0 Å². The zero-order valence-corrected chi connectivity index (χ0v) is 15.0.